The third-order valence-corrected chi connectivity index (χ3v) is 2.06. The first-order valence-electron chi connectivity index (χ1n) is 4.51. The number of phenols is 1. The first-order chi connectivity index (χ1) is 7.60. The summed E-state index contributed by atoms with van der Waals surface area (Å²) in [4.78, 5) is 9.95. The van der Waals surface area contributed by atoms with Crippen LogP contribution >= 0.6 is 0 Å². The summed E-state index contributed by atoms with van der Waals surface area (Å²) in [5.41, 5.74) is 0.176. The molecule has 0 fully saturated rings. The van der Waals surface area contributed by atoms with Crippen molar-refractivity contribution in [3.05, 3.63) is 27.8 Å². The molecule has 0 saturated heterocycles. The van der Waals surface area contributed by atoms with Crippen LogP contribution < -0.4 is 4.74 Å². The minimum atomic E-state index is -0.687. The van der Waals surface area contributed by atoms with Crippen LogP contribution in [0.3, 0.4) is 0 Å². The second-order valence-electron chi connectivity index (χ2n) is 3.08. The highest BCUT2D eigenvalue weighted by molar-refractivity contribution is 5.57. The van der Waals surface area contributed by atoms with Gasteiger partial charge < -0.3 is 9.84 Å². The third-order valence-electron chi connectivity index (χ3n) is 2.06. The number of hydrogen-bond donors (Lipinski definition) is 1. The topological polar surface area (TPSA) is 96.4 Å². The van der Waals surface area contributed by atoms with Gasteiger partial charge in [0, 0.05) is 12.5 Å². The molecule has 0 saturated carbocycles. The van der Waals surface area contributed by atoms with Crippen LogP contribution in [0.5, 0.6) is 11.5 Å². The lowest BCUT2D eigenvalue weighted by atomic mass is 10.1. The Morgan fingerprint density at radius 3 is 2.81 bits per heavy atom. The number of rotatable bonds is 4. The van der Waals surface area contributed by atoms with E-state index in [0.717, 1.165) is 0 Å². The molecular formula is C10H10N2O4. The molecule has 0 radical (unpaired) electrons. The van der Waals surface area contributed by atoms with Gasteiger partial charge in [0.1, 0.15) is 0 Å². The van der Waals surface area contributed by atoms with E-state index < -0.39 is 16.4 Å². The summed E-state index contributed by atoms with van der Waals surface area (Å²) in [5.74, 6) is -0.449. The highest BCUT2D eigenvalue weighted by atomic mass is 16.6. The minimum absolute atomic E-state index is 0.0436. The van der Waals surface area contributed by atoms with Crippen molar-refractivity contribution >= 4 is 5.69 Å². The van der Waals surface area contributed by atoms with Crippen LogP contribution in [-0.4, -0.2) is 17.1 Å². The molecule has 0 heterocycles. The standard InChI is InChI=1S/C10H10N2O4/c1-16-9-6-7(3-2-4-11)5-8(10(9)13)12(14)15/h5-6,13H,2-3H2,1H3. The molecule has 1 aromatic rings. The van der Waals surface area contributed by atoms with E-state index >= 15 is 0 Å². The molecule has 0 aliphatic heterocycles. The summed E-state index contributed by atoms with van der Waals surface area (Å²) in [6.07, 6.45) is 0.638. The normalized spacial score (nSPS) is 9.50. The van der Waals surface area contributed by atoms with E-state index in [-0.39, 0.29) is 12.2 Å². The molecular weight excluding hydrogens is 212 g/mol. The molecule has 0 atom stereocenters. The predicted octanol–water partition coefficient (Wildman–Crippen LogP) is 1.77. The number of hydrogen-bond acceptors (Lipinski definition) is 5. The minimum Gasteiger partial charge on any atom is -0.500 e. The van der Waals surface area contributed by atoms with Gasteiger partial charge >= 0.3 is 5.69 Å². The van der Waals surface area contributed by atoms with Gasteiger partial charge in [0.2, 0.25) is 5.75 Å². The first kappa shape index (κ1) is 11.8. The first-order valence-corrected chi connectivity index (χ1v) is 4.51. The second-order valence-corrected chi connectivity index (χ2v) is 3.08. The highest BCUT2D eigenvalue weighted by Crippen LogP contribution is 2.37. The van der Waals surface area contributed by atoms with Crippen LogP contribution in [0, 0.1) is 21.4 Å². The van der Waals surface area contributed by atoms with Gasteiger partial charge in [0.15, 0.2) is 5.75 Å². The number of aryl methyl sites for hydroxylation is 1. The number of nitro groups is 1. The Kier molecular flexibility index (Phi) is 3.67. The van der Waals surface area contributed by atoms with Crippen molar-refractivity contribution in [3.8, 4) is 17.6 Å². The summed E-state index contributed by atoms with van der Waals surface area (Å²) in [6.45, 7) is 0. The van der Waals surface area contributed by atoms with E-state index in [1.54, 1.807) is 0 Å². The van der Waals surface area contributed by atoms with Crippen molar-refractivity contribution < 1.29 is 14.8 Å². The molecule has 1 N–H and O–H groups in total. The van der Waals surface area contributed by atoms with E-state index in [9.17, 15) is 15.2 Å². The molecule has 0 amide bonds. The van der Waals surface area contributed by atoms with Crippen molar-refractivity contribution in [1.29, 1.82) is 5.26 Å². The number of nitrogens with zero attached hydrogens (tertiary/aromatic N) is 2. The van der Waals surface area contributed by atoms with Crippen LogP contribution in [0.4, 0.5) is 5.69 Å². The van der Waals surface area contributed by atoms with E-state index in [2.05, 4.69) is 0 Å². The third kappa shape index (κ3) is 2.39. The summed E-state index contributed by atoms with van der Waals surface area (Å²) in [7, 11) is 1.31. The van der Waals surface area contributed by atoms with Crippen molar-refractivity contribution in [3.63, 3.8) is 0 Å². The van der Waals surface area contributed by atoms with E-state index in [0.29, 0.717) is 12.0 Å². The fourth-order valence-corrected chi connectivity index (χ4v) is 1.29. The lowest BCUT2D eigenvalue weighted by Crippen LogP contribution is -1.95. The van der Waals surface area contributed by atoms with Gasteiger partial charge in [-0.15, -0.1) is 0 Å². The number of phenolic OH excluding ortho intramolecular Hbond substituents is 1. The Morgan fingerprint density at radius 1 is 1.62 bits per heavy atom. The maximum absolute atomic E-state index is 10.6. The largest absolute Gasteiger partial charge is 0.500 e. The van der Waals surface area contributed by atoms with Gasteiger partial charge in [0.25, 0.3) is 0 Å². The molecule has 0 aliphatic carbocycles. The number of ether oxygens (including phenoxy) is 1. The number of nitro benzene ring substituents is 1. The Morgan fingerprint density at radius 2 is 2.31 bits per heavy atom. The molecule has 0 aromatic heterocycles. The lowest BCUT2D eigenvalue weighted by molar-refractivity contribution is -0.386. The van der Waals surface area contributed by atoms with Gasteiger partial charge in [-0.2, -0.15) is 5.26 Å². The molecule has 0 unspecified atom stereocenters. The van der Waals surface area contributed by atoms with Crippen LogP contribution in [0.15, 0.2) is 12.1 Å². The fourth-order valence-electron chi connectivity index (χ4n) is 1.29. The Hall–Kier alpha value is -2.29. The average Bonchev–Trinajstić information content (AvgIpc) is 2.27. The number of methoxy groups -OCH3 is 1. The second kappa shape index (κ2) is 4.98. The maximum atomic E-state index is 10.6. The zero-order chi connectivity index (χ0) is 12.1. The molecule has 6 nitrogen and oxygen atoms in total. The van der Waals surface area contributed by atoms with Crippen LogP contribution in [-0.2, 0) is 6.42 Å². The quantitative estimate of drug-likeness (QED) is 0.618. The zero-order valence-corrected chi connectivity index (χ0v) is 8.64. The predicted molar refractivity (Wildman–Crippen MR) is 55.2 cm³/mol. The van der Waals surface area contributed by atoms with Crippen LogP contribution in [0.1, 0.15) is 12.0 Å². The van der Waals surface area contributed by atoms with Crippen LogP contribution in [0.25, 0.3) is 0 Å². The van der Waals surface area contributed by atoms with E-state index in [1.165, 1.54) is 19.2 Å². The highest BCUT2D eigenvalue weighted by Gasteiger charge is 2.19. The van der Waals surface area contributed by atoms with Gasteiger partial charge in [-0.25, -0.2) is 0 Å². The fraction of sp³-hybridized carbons (Fsp3) is 0.300. The summed E-state index contributed by atoms with van der Waals surface area (Å²) >= 11 is 0. The molecule has 0 bridgehead atoms. The monoisotopic (exact) mass is 222 g/mol. The number of benzene rings is 1. The van der Waals surface area contributed by atoms with Gasteiger partial charge in [-0.3, -0.25) is 10.1 Å². The Labute approximate surface area is 91.8 Å². The van der Waals surface area contributed by atoms with Crippen molar-refractivity contribution in [2.45, 2.75) is 12.8 Å². The van der Waals surface area contributed by atoms with Crippen molar-refractivity contribution in [2.24, 2.45) is 0 Å². The van der Waals surface area contributed by atoms with Crippen LogP contribution in [0.2, 0.25) is 0 Å². The molecule has 0 aliphatic rings. The summed E-state index contributed by atoms with van der Waals surface area (Å²) in [6, 6.07) is 4.67. The molecule has 6 heteroatoms. The molecule has 0 spiro atoms. The summed E-state index contributed by atoms with van der Waals surface area (Å²) in [5, 5.41) is 28.5. The molecule has 16 heavy (non-hydrogen) atoms. The number of aromatic hydroxyl groups is 1. The summed E-state index contributed by atoms with van der Waals surface area (Å²) < 4.78 is 4.82. The molecule has 84 valence electrons. The SMILES string of the molecule is COc1cc(CCC#N)cc([N+](=O)[O-])c1O. The van der Waals surface area contributed by atoms with Crippen molar-refractivity contribution in [1.82, 2.24) is 0 Å². The van der Waals surface area contributed by atoms with E-state index in [4.69, 9.17) is 10.00 Å². The maximum Gasteiger partial charge on any atom is 0.314 e. The zero-order valence-electron chi connectivity index (χ0n) is 8.64. The van der Waals surface area contributed by atoms with Gasteiger partial charge in [-0.1, -0.05) is 0 Å². The smallest absolute Gasteiger partial charge is 0.314 e. The number of nitriles is 1. The van der Waals surface area contributed by atoms with Gasteiger partial charge in [-0.05, 0) is 18.1 Å². The Bertz CT molecular complexity index is 451. The molecule has 1 rings (SSSR count). The molecule has 1 aromatic carbocycles. The van der Waals surface area contributed by atoms with E-state index in [1.807, 2.05) is 6.07 Å². The Balaban J connectivity index is 3.18. The van der Waals surface area contributed by atoms with Gasteiger partial charge in [0.05, 0.1) is 18.1 Å². The average molecular weight is 222 g/mol. The lowest BCUT2D eigenvalue weighted by Gasteiger charge is -2.06. The van der Waals surface area contributed by atoms with Crippen molar-refractivity contribution in [2.75, 3.05) is 7.11 Å².